The van der Waals surface area contributed by atoms with Gasteiger partial charge < -0.3 is 14.2 Å². The van der Waals surface area contributed by atoms with E-state index in [1.165, 1.54) is 6.08 Å². The van der Waals surface area contributed by atoms with Crippen molar-refractivity contribution < 1.29 is 19.0 Å². The lowest BCUT2D eigenvalue weighted by atomic mass is 10.2. The van der Waals surface area contributed by atoms with Gasteiger partial charge in [-0.3, -0.25) is 0 Å². The number of hydrogen-bond acceptors (Lipinski definition) is 4. The Kier molecular flexibility index (Phi) is 5.44. The van der Waals surface area contributed by atoms with Crippen molar-refractivity contribution in [2.24, 2.45) is 0 Å². The second kappa shape index (κ2) is 7.52. The molecule has 4 nitrogen and oxygen atoms in total. The summed E-state index contributed by atoms with van der Waals surface area (Å²) in [5, 5.41) is 0.582. The molecule has 0 bridgehead atoms. The first-order chi connectivity index (χ1) is 10.6. The number of carbonyl (C=O) groups is 1. The van der Waals surface area contributed by atoms with E-state index in [1.54, 1.807) is 62.8 Å². The van der Waals surface area contributed by atoms with Crippen LogP contribution >= 0.6 is 11.6 Å². The molecule has 0 fully saturated rings. The summed E-state index contributed by atoms with van der Waals surface area (Å²) in [6, 6.07) is 11.9. The predicted molar refractivity (Wildman–Crippen MR) is 85.7 cm³/mol. The van der Waals surface area contributed by atoms with Gasteiger partial charge in [-0.15, -0.1) is 0 Å². The van der Waals surface area contributed by atoms with Crippen LogP contribution in [0.3, 0.4) is 0 Å². The van der Waals surface area contributed by atoms with Gasteiger partial charge in [0.05, 0.1) is 14.2 Å². The zero-order valence-electron chi connectivity index (χ0n) is 12.2. The molecule has 2 aromatic carbocycles. The SMILES string of the molecule is COc1ccc(C=CC(=O)Oc2ccc(Cl)cc2)c(OC)c1. The van der Waals surface area contributed by atoms with E-state index in [2.05, 4.69) is 0 Å². The van der Waals surface area contributed by atoms with E-state index < -0.39 is 5.97 Å². The molecule has 2 rings (SSSR count). The first kappa shape index (κ1) is 15.9. The molecule has 22 heavy (non-hydrogen) atoms. The highest BCUT2D eigenvalue weighted by molar-refractivity contribution is 6.30. The number of rotatable bonds is 5. The molecule has 2 aromatic rings. The third-order valence-electron chi connectivity index (χ3n) is 2.87. The predicted octanol–water partition coefficient (Wildman–Crippen LogP) is 3.98. The molecule has 0 aromatic heterocycles. The average molecular weight is 319 g/mol. The standard InChI is InChI=1S/C17H15ClO4/c1-20-15-7-3-12(16(11-15)21-2)4-10-17(19)22-14-8-5-13(18)6-9-14/h3-11H,1-2H3. The molecule has 0 aliphatic heterocycles. The summed E-state index contributed by atoms with van der Waals surface area (Å²) in [7, 11) is 3.13. The van der Waals surface area contributed by atoms with Gasteiger partial charge in [0.2, 0.25) is 0 Å². The van der Waals surface area contributed by atoms with Crippen LogP contribution in [0.2, 0.25) is 5.02 Å². The van der Waals surface area contributed by atoms with Crippen molar-refractivity contribution in [3.05, 3.63) is 59.1 Å². The zero-order valence-corrected chi connectivity index (χ0v) is 13.0. The summed E-state index contributed by atoms with van der Waals surface area (Å²) in [5.74, 6) is 1.23. The van der Waals surface area contributed by atoms with Gasteiger partial charge >= 0.3 is 5.97 Å². The Morgan fingerprint density at radius 2 is 1.68 bits per heavy atom. The van der Waals surface area contributed by atoms with Crippen molar-refractivity contribution in [1.29, 1.82) is 0 Å². The molecule has 0 N–H and O–H groups in total. The smallest absolute Gasteiger partial charge is 0.336 e. The van der Waals surface area contributed by atoms with Crippen molar-refractivity contribution in [2.45, 2.75) is 0 Å². The second-order valence-corrected chi connectivity index (χ2v) is 4.75. The monoisotopic (exact) mass is 318 g/mol. The maximum atomic E-state index is 11.8. The molecule has 0 saturated carbocycles. The maximum absolute atomic E-state index is 11.8. The Labute approximate surface area is 133 Å². The minimum Gasteiger partial charge on any atom is -0.497 e. The second-order valence-electron chi connectivity index (χ2n) is 4.32. The highest BCUT2D eigenvalue weighted by atomic mass is 35.5. The molecule has 0 aliphatic rings. The molecular formula is C17H15ClO4. The van der Waals surface area contributed by atoms with Crippen LogP contribution in [0.5, 0.6) is 17.2 Å². The molecule has 114 valence electrons. The Morgan fingerprint density at radius 3 is 2.32 bits per heavy atom. The molecule has 0 unspecified atom stereocenters. The summed E-state index contributed by atoms with van der Waals surface area (Å²) in [6.07, 6.45) is 2.95. The lowest BCUT2D eigenvalue weighted by Crippen LogP contribution is -2.03. The van der Waals surface area contributed by atoms with Crippen LogP contribution < -0.4 is 14.2 Å². The van der Waals surface area contributed by atoms with Crippen LogP contribution in [0.4, 0.5) is 0 Å². The van der Waals surface area contributed by atoms with Crippen LogP contribution in [-0.2, 0) is 4.79 Å². The number of halogens is 1. The minimum atomic E-state index is -0.486. The van der Waals surface area contributed by atoms with E-state index >= 15 is 0 Å². The van der Waals surface area contributed by atoms with E-state index in [0.29, 0.717) is 22.3 Å². The zero-order chi connectivity index (χ0) is 15.9. The van der Waals surface area contributed by atoms with Crippen LogP contribution in [0.1, 0.15) is 5.56 Å². The number of hydrogen-bond donors (Lipinski definition) is 0. The number of carbonyl (C=O) groups excluding carboxylic acids is 1. The average Bonchev–Trinajstić information content (AvgIpc) is 2.55. The Balaban J connectivity index is 2.07. The third-order valence-corrected chi connectivity index (χ3v) is 3.12. The highest BCUT2D eigenvalue weighted by Crippen LogP contribution is 2.25. The first-order valence-corrected chi connectivity index (χ1v) is 6.87. The molecule has 0 radical (unpaired) electrons. The fourth-order valence-electron chi connectivity index (χ4n) is 1.77. The van der Waals surface area contributed by atoms with Gasteiger partial charge in [-0.05, 0) is 42.5 Å². The lowest BCUT2D eigenvalue weighted by Gasteiger charge is -2.07. The van der Waals surface area contributed by atoms with Crippen molar-refractivity contribution in [2.75, 3.05) is 14.2 Å². The van der Waals surface area contributed by atoms with Gasteiger partial charge in [0.1, 0.15) is 17.2 Å². The number of ether oxygens (including phenoxy) is 3. The van der Waals surface area contributed by atoms with Crippen LogP contribution in [0, 0.1) is 0 Å². The number of esters is 1. The normalized spacial score (nSPS) is 10.5. The van der Waals surface area contributed by atoms with Crippen molar-refractivity contribution in [3.8, 4) is 17.2 Å². The van der Waals surface area contributed by atoms with E-state index in [9.17, 15) is 4.79 Å². The summed E-state index contributed by atoms with van der Waals surface area (Å²) in [4.78, 5) is 11.8. The molecule has 0 amide bonds. The van der Waals surface area contributed by atoms with E-state index in [-0.39, 0.29) is 0 Å². The van der Waals surface area contributed by atoms with Crippen molar-refractivity contribution >= 4 is 23.6 Å². The largest absolute Gasteiger partial charge is 0.497 e. The lowest BCUT2D eigenvalue weighted by molar-refractivity contribution is -0.128. The van der Waals surface area contributed by atoms with Gasteiger partial charge in [0, 0.05) is 22.7 Å². The molecule has 0 saturated heterocycles. The highest BCUT2D eigenvalue weighted by Gasteiger charge is 2.04. The van der Waals surface area contributed by atoms with Gasteiger partial charge in [-0.25, -0.2) is 4.79 Å². The Hall–Kier alpha value is -2.46. The van der Waals surface area contributed by atoms with Gasteiger partial charge in [-0.1, -0.05) is 11.6 Å². The first-order valence-electron chi connectivity index (χ1n) is 6.50. The summed E-state index contributed by atoms with van der Waals surface area (Å²) < 4.78 is 15.5. The molecule has 0 spiro atoms. The molecule has 0 atom stereocenters. The molecule has 5 heteroatoms. The quantitative estimate of drug-likeness (QED) is 0.475. The van der Waals surface area contributed by atoms with Crippen LogP contribution in [-0.4, -0.2) is 20.2 Å². The maximum Gasteiger partial charge on any atom is 0.336 e. The fraction of sp³-hybridized carbons (Fsp3) is 0.118. The Bertz CT molecular complexity index is 678. The van der Waals surface area contributed by atoms with Gasteiger partial charge in [0.15, 0.2) is 0 Å². The minimum absolute atomic E-state index is 0.431. The van der Waals surface area contributed by atoms with Crippen molar-refractivity contribution in [1.82, 2.24) is 0 Å². The Morgan fingerprint density at radius 1 is 1.00 bits per heavy atom. The van der Waals surface area contributed by atoms with Crippen LogP contribution in [0.25, 0.3) is 6.08 Å². The third kappa shape index (κ3) is 4.27. The fourth-order valence-corrected chi connectivity index (χ4v) is 1.89. The van der Waals surface area contributed by atoms with Gasteiger partial charge in [-0.2, -0.15) is 0 Å². The van der Waals surface area contributed by atoms with E-state index in [1.807, 2.05) is 0 Å². The van der Waals surface area contributed by atoms with E-state index in [0.717, 1.165) is 5.56 Å². The van der Waals surface area contributed by atoms with Crippen molar-refractivity contribution in [3.63, 3.8) is 0 Å². The summed E-state index contributed by atoms with van der Waals surface area (Å²) in [5.41, 5.74) is 0.747. The summed E-state index contributed by atoms with van der Waals surface area (Å²) in [6.45, 7) is 0. The molecular weight excluding hydrogens is 304 g/mol. The molecule has 0 aliphatic carbocycles. The van der Waals surface area contributed by atoms with E-state index in [4.69, 9.17) is 25.8 Å². The van der Waals surface area contributed by atoms with Crippen LogP contribution in [0.15, 0.2) is 48.5 Å². The topological polar surface area (TPSA) is 44.8 Å². The number of methoxy groups -OCH3 is 2. The molecule has 0 heterocycles. The van der Waals surface area contributed by atoms with Gasteiger partial charge in [0.25, 0.3) is 0 Å². The summed E-state index contributed by atoms with van der Waals surface area (Å²) >= 11 is 5.77. The number of benzene rings is 2.